The van der Waals surface area contributed by atoms with Gasteiger partial charge in [-0.2, -0.15) is 5.10 Å². The van der Waals surface area contributed by atoms with E-state index in [4.69, 9.17) is 11.6 Å². The quantitative estimate of drug-likeness (QED) is 0.396. The molecule has 0 bridgehead atoms. The van der Waals surface area contributed by atoms with Crippen LogP contribution in [0.4, 0.5) is 0 Å². The first-order valence-electron chi connectivity index (χ1n) is 10.9. The van der Waals surface area contributed by atoms with Gasteiger partial charge in [0.25, 0.3) is 0 Å². The molecule has 0 saturated carbocycles. The van der Waals surface area contributed by atoms with Crippen LogP contribution in [0.15, 0.2) is 42.7 Å². The molecule has 33 heavy (non-hydrogen) atoms. The standard InChI is InChI=1S/C23H30ClN5O3S/c1-4-5-6-8-22(30)27-33(31,32)14-7-12-25-16-20-17(2)26-28(3)23(20)29-13-11-18-15-19(24)9-10-21(18)29/h7,9-13,15,25H,4-6,8,14,16H2,1-3H3,(H,27,30). The molecule has 3 rings (SSSR count). The lowest BCUT2D eigenvalue weighted by Crippen LogP contribution is -2.31. The van der Waals surface area contributed by atoms with Crippen molar-refractivity contribution < 1.29 is 13.2 Å². The van der Waals surface area contributed by atoms with Gasteiger partial charge in [-0.3, -0.25) is 14.2 Å². The number of halogens is 1. The molecular formula is C23H30ClN5O3S. The van der Waals surface area contributed by atoms with Crippen molar-refractivity contribution in [2.75, 3.05) is 5.75 Å². The number of sulfonamides is 1. The van der Waals surface area contributed by atoms with E-state index in [9.17, 15) is 13.2 Å². The third-order valence-electron chi connectivity index (χ3n) is 5.30. The minimum atomic E-state index is -3.70. The summed E-state index contributed by atoms with van der Waals surface area (Å²) in [6, 6.07) is 7.74. The number of unbranched alkanes of at least 4 members (excludes halogenated alkanes) is 2. The van der Waals surface area contributed by atoms with Crippen LogP contribution in [-0.4, -0.2) is 34.4 Å². The number of fused-ring (bicyclic) bond motifs is 1. The Balaban J connectivity index is 1.64. The second-order valence-electron chi connectivity index (χ2n) is 7.95. The monoisotopic (exact) mass is 491 g/mol. The average Bonchev–Trinajstić information content (AvgIpc) is 3.26. The lowest BCUT2D eigenvalue weighted by Gasteiger charge is -2.10. The number of rotatable bonds is 11. The van der Waals surface area contributed by atoms with Gasteiger partial charge in [0.1, 0.15) is 5.82 Å². The summed E-state index contributed by atoms with van der Waals surface area (Å²) < 4.78 is 30.2. The Morgan fingerprint density at radius 2 is 2.03 bits per heavy atom. The Labute approximate surface area is 199 Å². The molecular weight excluding hydrogens is 462 g/mol. The SMILES string of the molecule is CCCCCC(=O)NS(=O)(=O)CC=CNCc1c(C)nn(C)c1-n1ccc2cc(Cl)ccc21. The molecule has 10 heteroatoms. The number of hydrogen-bond acceptors (Lipinski definition) is 5. The number of amides is 1. The molecule has 0 aliphatic rings. The molecule has 2 aromatic heterocycles. The van der Waals surface area contributed by atoms with Gasteiger partial charge >= 0.3 is 0 Å². The molecule has 2 heterocycles. The molecule has 0 unspecified atom stereocenters. The molecule has 0 spiro atoms. The van der Waals surface area contributed by atoms with E-state index in [-0.39, 0.29) is 12.2 Å². The molecule has 0 fully saturated rings. The maximum absolute atomic E-state index is 12.1. The Hall–Kier alpha value is -2.78. The second-order valence-corrected chi connectivity index (χ2v) is 10.2. The van der Waals surface area contributed by atoms with Crippen LogP contribution in [0.25, 0.3) is 16.7 Å². The van der Waals surface area contributed by atoms with E-state index in [1.165, 1.54) is 6.08 Å². The fourth-order valence-electron chi connectivity index (χ4n) is 3.72. The van der Waals surface area contributed by atoms with Gasteiger partial charge in [0.05, 0.1) is 17.0 Å². The Morgan fingerprint density at radius 1 is 1.24 bits per heavy atom. The highest BCUT2D eigenvalue weighted by atomic mass is 35.5. The van der Waals surface area contributed by atoms with Crippen LogP contribution in [0.2, 0.25) is 5.02 Å². The first-order chi connectivity index (χ1) is 15.7. The fraction of sp³-hybridized carbons (Fsp3) is 0.391. The second kappa shape index (κ2) is 10.9. The van der Waals surface area contributed by atoms with Crippen LogP contribution in [0.1, 0.15) is 43.9 Å². The third kappa shape index (κ3) is 6.39. The van der Waals surface area contributed by atoms with Gasteiger partial charge in [0, 0.05) is 42.2 Å². The highest BCUT2D eigenvalue weighted by Crippen LogP contribution is 2.26. The number of carbonyl (C=O) groups excluding carboxylic acids is 1. The number of hydrogen-bond donors (Lipinski definition) is 2. The summed E-state index contributed by atoms with van der Waals surface area (Å²) in [4.78, 5) is 11.8. The maximum Gasteiger partial charge on any atom is 0.238 e. The molecule has 2 N–H and O–H groups in total. The first kappa shape index (κ1) is 24.9. The number of aromatic nitrogens is 3. The number of aryl methyl sites for hydroxylation is 2. The lowest BCUT2D eigenvalue weighted by atomic mass is 10.2. The van der Waals surface area contributed by atoms with Gasteiger partial charge in [-0.25, -0.2) is 8.42 Å². The Kier molecular flexibility index (Phi) is 8.20. The highest BCUT2D eigenvalue weighted by molar-refractivity contribution is 7.90. The molecule has 8 nitrogen and oxygen atoms in total. The van der Waals surface area contributed by atoms with Crippen LogP contribution in [-0.2, 0) is 28.4 Å². The highest BCUT2D eigenvalue weighted by Gasteiger charge is 2.16. The molecule has 0 radical (unpaired) electrons. The summed E-state index contributed by atoms with van der Waals surface area (Å²) in [5.74, 6) is 0.180. The number of carbonyl (C=O) groups is 1. The van der Waals surface area contributed by atoms with E-state index >= 15 is 0 Å². The van der Waals surface area contributed by atoms with E-state index < -0.39 is 15.9 Å². The zero-order valence-corrected chi connectivity index (χ0v) is 20.7. The first-order valence-corrected chi connectivity index (χ1v) is 13.0. The molecule has 1 aromatic carbocycles. The largest absolute Gasteiger partial charge is 0.387 e. The number of nitrogens with zero attached hydrogens (tertiary/aromatic N) is 3. The Morgan fingerprint density at radius 3 is 2.79 bits per heavy atom. The summed E-state index contributed by atoms with van der Waals surface area (Å²) in [6.07, 6.45) is 7.84. The van der Waals surface area contributed by atoms with Gasteiger partial charge in [0.15, 0.2) is 0 Å². The van der Waals surface area contributed by atoms with Crippen LogP contribution in [0, 0.1) is 6.92 Å². The molecule has 0 atom stereocenters. The smallest absolute Gasteiger partial charge is 0.238 e. The number of nitrogens with one attached hydrogen (secondary N) is 2. The van der Waals surface area contributed by atoms with Gasteiger partial charge < -0.3 is 9.88 Å². The summed E-state index contributed by atoms with van der Waals surface area (Å²) in [6.45, 7) is 4.42. The normalized spacial score (nSPS) is 12.0. The zero-order valence-electron chi connectivity index (χ0n) is 19.1. The predicted octanol–water partition coefficient (Wildman–Crippen LogP) is 3.96. The van der Waals surface area contributed by atoms with Gasteiger partial charge in [-0.05, 0) is 43.8 Å². The van der Waals surface area contributed by atoms with E-state index in [1.807, 2.05) is 56.0 Å². The zero-order chi connectivity index (χ0) is 24.0. The van der Waals surface area contributed by atoms with Crippen molar-refractivity contribution in [3.8, 4) is 5.82 Å². The van der Waals surface area contributed by atoms with Crippen molar-refractivity contribution in [1.82, 2.24) is 24.4 Å². The van der Waals surface area contributed by atoms with Gasteiger partial charge in [-0.15, -0.1) is 0 Å². The van der Waals surface area contributed by atoms with E-state index in [0.29, 0.717) is 18.0 Å². The summed E-state index contributed by atoms with van der Waals surface area (Å²) in [7, 11) is -1.81. The van der Waals surface area contributed by atoms with Crippen molar-refractivity contribution in [2.24, 2.45) is 7.05 Å². The van der Waals surface area contributed by atoms with Gasteiger partial charge in [0.2, 0.25) is 15.9 Å². The average molecular weight is 492 g/mol. The van der Waals surface area contributed by atoms with E-state index in [1.54, 1.807) is 6.20 Å². The van der Waals surface area contributed by atoms with Crippen molar-refractivity contribution >= 4 is 38.4 Å². The molecule has 0 aliphatic heterocycles. The predicted molar refractivity (Wildman–Crippen MR) is 132 cm³/mol. The van der Waals surface area contributed by atoms with E-state index in [2.05, 4.69) is 19.7 Å². The summed E-state index contributed by atoms with van der Waals surface area (Å²) in [5.41, 5.74) is 2.87. The Bertz CT molecular complexity index is 1260. The minimum absolute atomic E-state index is 0.221. The molecule has 0 aliphatic carbocycles. The fourth-order valence-corrected chi connectivity index (χ4v) is 4.78. The minimum Gasteiger partial charge on any atom is -0.387 e. The van der Waals surface area contributed by atoms with E-state index in [0.717, 1.165) is 40.8 Å². The lowest BCUT2D eigenvalue weighted by molar-refractivity contribution is -0.119. The maximum atomic E-state index is 12.1. The van der Waals surface area contributed by atoms with Crippen LogP contribution in [0.3, 0.4) is 0 Å². The van der Waals surface area contributed by atoms with Gasteiger partial charge in [-0.1, -0.05) is 37.4 Å². The number of benzene rings is 1. The van der Waals surface area contributed by atoms with Crippen LogP contribution in [0.5, 0.6) is 0 Å². The third-order valence-corrected chi connectivity index (χ3v) is 6.71. The van der Waals surface area contributed by atoms with Crippen molar-refractivity contribution in [1.29, 1.82) is 0 Å². The van der Waals surface area contributed by atoms with Crippen molar-refractivity contribution in [3.63, 3.8) is 0 Å². The van der Waals surface area contributed by atoms with Crippen molar-refractivity contribution in [2.45, 2.75) is 46.1 Å². The topological polar surface area (TPSA) is 98.0 Å². The van der Waals surface area contributed by atoms with Crippen molar-refractivity contribution in [3.05, 3.63) is 59.0 Å². The summed E-state index contributed by atoms with van der Waals surface area (Å²) >= 11 is 6.12. The molecule has 0 saturated heterocycles. The molecule has 178 valence electrons. The van der Waals surface area contributed by atoms with Crippen LogP contribution < -0.4 is 10.0 Å². The van der Waals surface area contributed by atoms with Crippen LogP contribution >= 0.6 is 11.6 Å². The molecule has 1 amide bonds. The summed E-state index contributed by atoms with van der Waals surface area (Å²) in [5, 5.41) is 9.40. The molecule has 3 aromatic rings.